The molecule has 1 aromatic carbocycles. The van der Waals surface area contributed by atoms with Crippen LogP contribution in [0.15, 0.2) is 54.9 Å². The molecule has 0 aliphatic carbocycles. The van der Waals surface area contributed by atoms with Crippen molar-refractivity contribution in [1.82, 2.24) is 19.2 Å². The Kier molecular flexibility index (Phi) is 5.41. The zero-order valence-electron chi connectivity index (χ0n) is 15.2. The van der Waals surface area contributed by atoms with Crippen LogP contribution in [0.5, 0.6) is 0 Å². The number of carbonyl (C=O) groups excluding carboxylic acids is 1. The third kappa shape index (κ3) is 4.31. The van der Waals surface area contributed by atoms with E-state index in [1.807, 2.05) is 58.0 Å². The van der Waals surface area contributed by atoms with E-state index in [2.05, 4.69) is 16.1 Å². The molecule has 4 rings (SSSR count). The lowest BCUT2D eigenvalue weighted by Crippen LogP contribution is -2.48. The van der Waals surface area contributed by atoms with Crippen LogP contribution >= 0.6 is 11.6 Å². The molecule has 1 aliphatic rings. The number of piperazine rings is 1. The summed E-state index contributed by atoms with van der Waals surface area (Å²) in [6.45, 7) is 4.13. The molecule has 1 aliphatic heterocycles. The maximum atomic E-state index is 12.5. The summed E-state index contributed by atoms with van der Waals surface area (Å²) in [5, 5.41) is 0.738. The summed E-state index contributed by atoms with van der Waals surface area (Å²) in [5.41, 5.74) is 3.08. The molecule has 0 saturated carbocycles. The number of halogens is 1. The first-order valence-corrected chi connectivity index (χ1v) is 9.73. The van der Waals surface area contributed by atoms with Gasteiger partial charge >= 0.3 is 0 Å². The first-order valence-electron chi connectivity index (χ1n) is 9.35. The molecule has 1 saturated heterocycles. The van der Waals surface area contributed by atoms with Crippen LogP contribution in [0.3, 0.4) is 0 Å². The van der Waals surface area contributed by atoms with Crippen molar-refractivity contribution in [2.45, 2.75) is 19.4 Å². The summed E-state index contributed by atoms with van der Waals surface area (Å²) in [5.74, 6) is 0.210. The highest BCUT2D eigenvalue weighted by Crippen LogP contribution is 2.17. The van der Waals surface area contributed by atoms with Gasteiger partial charge in [-0.25, -0.2) is 4.98 Å². The molecule has 3 aromatic rings. The summed E-state index contributed by atoms with van der Waals surface area (Å²) in [7, 11) is 0. The van der Waals surface area contributed by atoms with Gasteiger partial charge in [0.15, 0.2) is 0 Å². The zero-order valence-corrected chi connectivity index (χ0v) is 16.0. The molecule has 0 spiro atoms. The largest absolute Gasteiger partial charge is 0.340 e. The van der Waals surface area contributed by atoms with Crippen LogP contribution in [0, 0.1) is 0 Å². The number of hydrogen-bond donors (Lipinski definition) is 0. The number of amides is 1. The van der Waals surface area contributed by atoms with Crippen LogP contribution < -0.4 is 0 Å². The van der Waals surface area contributed by atoms with Gasteiger partial charge in [0.1, 0.15) is 5.65 Å². The van der Waals surface area contributed by atoms with E-state index in [0.29, 0.717) is 12.8 Å². The van der Waals surface area contributed by atoms with Crippen LogP contribution in [-0.4, -0.2) is 51.3 Å². The van der Waals surface area contributed by atoms with Crippen LogP contribution in [0.2, 0.25) is 5.02 Å². The van der Waals surface area contributed by atoms with Gasteiger partial charge in [-0.3, -0.25) is 9.69 Å². The highest BCUT2D eigenvalue weighted by Gasteiger charge is 2.21. The average Bonchev–Trinajstić information content (AvgIpc) is 3.10. The molecular formula is C21H23ClN4O. The minimum Gasteiger partial charge on any atom is -0.340 e. The predicted octanol–water partition coefficient (Wildman–Crippen LogP) is 3.26. The summed E-state index contributed by atoms with van der Waals surface area (Å²) in [4.78, 5) is 21.5. The number of nitrogens with zero attached hydrogens (tertiary/aromatic N) is 4. The van der Waals surface area contributed by atoms with E-state index >= 15 is 0 Å². The van der Waals surface area contributed by atoms with Gasteiger partial charge in [0.2, 0.25) is 5.91 Å². The summed E-state index contributed by atoms with van der Waals surface area (Å²) in [6.07, 6.45) is 5.30. The Bertz CT molecular complexity index is 898. The maximum absolute atomic E-state index is 12.5. The lowest BCUT2D eigenvalue weighted by atomic mass is 10.1. The minimum absolute atomic E-state index is 0.210. The second-order valence-electron chi connectivity index (χ2n) is 6.95. The highest BCUT2D eigenvalue weighted by molar-refractivity contribution is 6.31. The highest BCUT2D eigenvalue weighted by atomic mass is 35.5. The van der Waals surface area contributed by atoms with E-state index in [1.54, 1.807) is 0 Å². The fourth-order valence-corrected chi connectivity index (χ4v) is 3.78. The third-order valence-electron chi connectivity index (χ3n) is 5.09. The molecule has 0 atom stereocenters. The third-order valence-corrected chi connectivity index (χ3v) is 5.46. The maximum Gasteiger partial charge on any atom is 0.222 e. The first-order chi connectivity index (χ1) is 13.2. The molecule has 0 N–H and O–H groups in total. The molecule has 1 amide bonds. The molecule has 0 radical (unpaired) electrons. The summed E-state index contributed by atoms with van der Waals surface area (Å²) in [6, 6.07) is 13.8. The van der Waals surface area contributed by atoms with Gasteiger partial charge in [0.05, 0.1) is 5.69 Å². The Morgan fingerprint density at radius 1 is 1.04 bits per heavy atom. The molecule has 2 aromatic heterocycles. The number of fused-ring (bicyclic) bond motifs is 1. The van der Waals surface area contributed by atoms with Gasteiger partial charge in [0.25, 0.3) is 0 Å². The fourth-order valence-electron chi connectivity index (χ4n) is 3.55. The molecule has 0 bridgehead atoms. The van der Waals surface area contributed by atoms with E-state index in [-0.39, 0.29) is 5.91 Å². The van der Waals surface area contributed by atoms with E-state index in [4.69, 9.17) is 11.6 Å². The number of aromatic nitrogens is 2. The van der Waals surface area contributed by atoms with Gasteiger partial charge < -0.3 is 9.30 Å². The number of hydrogen-bond acceptors (Lipinski definition) is 3. The first kappa shape index (κ1) is 18.0. The monoisotopic (exact) mass is 382 g/mol. The topological polar surface area (TPSA) is 40.9 Å². The number of pyridine rings is 1. The molecule has 140 valence electrons. The lowest BCUT2D eigenvalue weighted by Gasteiger charge is -2.34. The van der Waals surface area contributed by atoms with Gasteiger partial charge in [-0.05, 0) is 30.2 Å². The standard InChI is InChI=1S/C21H23ClN4O/c22-19-6-2-1-5-17(19)8-9-21(27)25-13-11-24(12-14-25)15-18-16-26-10-4-3-7-20(26)23-18/h1-7,10,16H,8-9,11-15H2. The number of aryl methyl sites for hydroxylation is 1. The fraction of sp³-hybridized carbons (Fsp3) is 0.333. The smallest absolute Gasteiger partial charge is 0.222 e. The number of benzene rings is 1. The van der Waals surface area contributed by atoms with Crippen LogP contribution in [0.1, 0.15) is 17.7 Å². The van der Waals surface area contributed by atoms with Crippen LogP contribution in [-0.2, 0) is 17.8 Å². The van der Waals surface area contributed by atoms with Crippen molar-refractivity contribution >= 4 is 23.2 Å². The van der Waals surface area contributed by atoms with Gasteiger partial charge in [-0.15, -0.1) is 0 Å². The van der Waals surface area contributed by atoms with Crippen molar-refractivity contribution in [1.29, 1.82) is 0 Å². The Balaban J connectivity index is 1.27. The van der Waals surface area contributed by atoms with Crippen molar-refractivity contribution in [3.05, 3.63) is 71.1 Å². The van der Waals surface area contributed by atoms with Gasteiger partial charge in [-0.2, -0.15) is 0 Å². The quantitative estimate of drug-likeness (QED) is 0.680. The molecule has 27 heavy (non-hydrogen) atoms. The zero-order chi connectivity index (χ0) is 18.6. The van der Waals surface area contributed by atoms with Crippen LogP contribution in [0.4, 0.5) is 0 Å². The SMILES string of the molecule is O=C(CCc1ccccc1Cl)N1CCN(Cc2cn3ccccc3n2)CC1. The molecule has 5 nitrogen and oxygen atoms in total. The van der Waals surface area contributed by atoms with E-state index in [1.165, 1.54) is 0 Å². The number of imidazole rings is 1. The van der Waals surface area contributed by atoms with E-state index < -0.39 is 0 Å². The van der Waals surface area contributed by atoms with Crippen molar-refractivity contribution in [3.8, 4) is 0 Å². The van der Waals surface area contributed by atoms with E-state index in [0.717, 1.165) is 54.7 Å². The van der Waals surface area contributed by atoms with Crippen molar-refractivity contribution in [2.24, 2.45) is 0 Å². The predicted molar refractivity (Wildman–Crippen MR) is 107 cm³/mol. The summed E-state index contributed by atoms with van der Waals surface area (Å²) >= 11 is 6.18. The molecular weight excluding hydrogens is 360 g/mol. The van der Waals surface area contributed by atoms with E-state index in [9.17, 15) is 4.79 Å². The number of carbonyl (C=O) groups is 1. The lowest BCUT2D eigenvalue weighted by molar-refractivity contribution is -0.133. The Morgan fingerprint density at radius 2 is 1.81 bits per heavy atom. The second kappa shape index (κ2) is 8.11. The molecule has 6 heteroatoms. The van der Waals surface area contributed by atoms with Crippen molar-refractivity contribution < 1.29 is 4.79 Å². The van der Waals surface area contributed by atoms with Crippen molar-refractivity contribution in [3.63, 3.8) is 0 Å². The Morgan fingerprint density at radius 3 is 2.59 bits per heavy atom. The number of rotatable bonds is 5. The minimum atomic E-state index is 0.210. The van der Waals surface area contributed by atoms with Crippen molar-refractivity contribution in [2.75, 3.05) is 26.2 Å². The Hall–Kier alpha value is -2.37. The Labute approximate surface area is 164 Å². The van der Waals surface area contributed by atoms with Crippen LogP contribution in [0.25, 0.3) is 5.65 Å². The average molecular weight is 383 g/mol. The summed E-state index contributed by atoms with van der Waals surface area (Å²) < 4.78 is 2.05. The molecule has 0 unspecified atom stereocenters. The normalized spacial score (nSPS) is 15.4. The second-order valence-corrected chi connectivity index (χ2v) is 7.35. The van der Waals surface area contributed by atoms with Gasteiger partial charge in [-0.1, -0.05) is 35.9 Å². The molecule has 3 heterocycles. The molecule has 1 fully saturated rings. The van der Waals surface area contributed by atoms with Gasteiger partial charge in [0, 0.05) is 56.6 Å².